The number of nitrogens with one attached hydrogen (secondary N) is 1. The van der Waals surface area contributed by atoms with E-state index >= 15 is 0 Å². The summed E-state index contributed by atoms with van der Waals surface area (Å²) < 4.78 is 0. The Balaban J connectivity index is 1.76. The van der Waals surface area contributed by atoms with Crippen molar-refractivity contribution >= 4 is 11.6 Å². The Bertz CT molecular complexity index is 563. The molecule has 8 heteroatoms. The molecule has 0 aromatic carbocycles. The second kappa shape index (κ2) is 5.82. The molecule has 1 aliphatic rings. The average Bonchev–Trinajstić information content (AvgIpc) is 2.95. The SMILES string of the molecule is NC1CCN(Cc2cc(-c3nn[nH]n3)cc(Cl)n2)CC1. The zero-order chi connectivity index (χ0) is 13.9. The van der Waals surface area contributed by atoms with Crippen molar-refractivity contribution in [1.29, 1.82) is 0 Å². The van der Waals surface area contributed by atoms with E-state index in [-0.39, 0.29) is 0 Å². The minimum atomic E-state index is 0.327. The van der Waals surface area contributed by atoms with Crippen molar-refractivity contribution in [2.45, 2.75) is 25.4 Å². The number of hydrogen-bond donors (Lipinski definition) is 2. The first-order valence-electron chi connectivity index (χ1n) is 6.59. The zero-order valence-corrected chi connectivity index (χ0v) is 11.7. The highest BCUT2D eigenvalue weighted by atomic mass is 35.5. The minimum absolute atomic E-state index is 0.327. The predicted octanol–water partition coefficient (Wildman–Crippen LogP) is 0.838. The lowest BCUT2D eigenvalue weighted by Crippen LogP contribution is -2.39. The topological polar surface area (TPSA) is 96.6 Å². The largest absolute Gasteiger partial charge is 0.328 e. The van der Waals surface area contributed by atoms with Gasteiger partial charge in [-0.1, -0.05) is 11.6 Å². The van der Waals surface area contributed by atoms with Crippen molar-refractivity contribution < 1.29 is 0 Å². The van der Waals surface area contributed by atoms with E-state index in [1.807, 2.05) is 6.07 Å². The van der Waals surface area contributed by atoms with E-state index in [0.29, 0.717) is 17.0 Å². The van der Waals surface area contributed by atoms with Gasteiger partial charge in [-0.2, -0.15) is 5.21 Å². The third-order valence-electron chi connectivity index (χ3n) is 3.47. The van der Waals surface area contributed by atoms with Crippen LogP contribution in [0.4, 0.5) is 0 Å². The van der Waals surface area contributed by atoms with E-state index in [4.69, 9.17) is 17.3 Å². The number of aromatic nitrogens is 5. The van der Waals surface area contributed by atoms with Crippen LogP contribution in [0.1, 0.15) is 18.5 Å². The second-order valence-electron chi connectivity index (χ2n) is 5.02. The van der Waals surface area contributed by atoms with Gasteiger partial charge in [-0.3, -0.25) is 4.90 Å². The maximum Gasteiger partial charge on any atom is 0.204 e. The number of piperidine rings is 1. The molecule has 7 nitrogen and oxygen atoms in total. The molecule has 20 heavy (non-hydrogen) atoms. The van der Waals surface area contributed by atoms with Gasteiger partial charge >= 0.3 is 0 Å². The smallest absolute Gasteiger partial charge is 0.204 e. The van der Waals surface area contributed by atoms with Crippen LogP contribution in [-0.2, 0) is 6.54 Å². The molecule has 1 saturated heterocycles. The summed E-state index contributed by atoms with van der Waals surface area (Å²) in [4.78, 5) is 6.70. The molecule has 0 unspecified atom stereocenters. The molecule has 2 aromatic heterocycles. The zero-order valence-electron chi connectivity index (χ0n) is 11.0. The second-order valence-corrected chi connectivity index (χ2v) is 5.41. The number of nitrogens with zero attached hydrogens (tertiary/aromatic N) is 5. The van der Waals surface area contributed by atoms with E-state index in [1.54, 1.807) is 6.07 Å². The van der Waals surface area contributed by atoms with E-state index in [1.165, 1.54) is 0 Å². The minimum Gasteiger partial charge on any atom is -0.328 e. The highest BCUT2D eigenvalue weighted by Crippen LogP contribution is 2.20. The van der Waals surface area contributed by atoms with Gasteiger partial charge in [-0.05, 0) is 30.2 Å². The number of aromatic amines is 1. The van der Waals surface area contributed by atoms with Crippen molar-refractivity contribution in [1.82, 2.24) is 30.5 Å². The Morgan fingerprint density at radius 2 is 2.15 bits per heavy atom. The summed E-state index contributed by atoms with van der Waals surface area (Å²) in [6.45, 7) is 2.75. The Kier molecular flexibility index (Phi) is 3.90. The van der Waals surface area contributed by atoms with Crippen LogP contribution in [0.25, 0.3) is 11.4 Å². The van der Waals surface area contributed by atoms with Crippen LogP contribution < -0.4 is 5.73 Å². The van der Waals surface area contributed by atoms with Crippen molar-refractivity contribution in [2.24, 2.45) is 5.73 Å². The lowest BCUT2D eigenvalue weighted by atomic mass is 10.1. The number of nitrogens with two attached hydrogens (primary N) is 1. The van der Waals surface area contributed by atoms with Crippen LogP contribution in [0.2, 0.25) is 5.15 Å². The van der Waals surface area contributed by atoms with E-state index in [2.05, 4.69) is 30.5 Å². The van der Waals surface area contributed by atoms with Crippen LogP contribution in [0.5, 0.6) is 0 Å². The molecule has 3 rings (SSSR count). The molecule has 0 aliphatic carbocycles. The summed E-state index contributed by atoms with van der Waals surface area (Å²) in [6, 6.07) is 4.02. The van der Waals surface area contributed by atoms with Crippen molar-refractivity contribution in [2.75, 3.05) is 13.1 Å². The van der Waals surface area contributed by atoms with Crippen LogP contribution in [-0.4, -0.2) is 49.6 Å². The third kappa shape index (κ3) is 3.12. The molecular weight excluding hydrogens is 278 g/mol. The number of likely N-dealkylation sites (tertiary alicyclic amines) is 1. The molecule has 0 atom stereocenters. The van der Waals surface area contributed by atoms with E-state index in [0.717, 1.165) is 43.7 Å². The van der Waals surface area contributed by atoms with E-state index < -0.39 is 0 Å². The van der Waals surface area contributed by atoms with Gasteiger partial charge in [0.2, 0.25) is 5.82 Å². The Morgan fingerprint density at radius 1 is 1.35 bits per heavy atom. The number of pyridine rings is 1. The molecule has 0 spiro atoms. The molecule has 2 aromatic rings. The van der Waals surface area contributed by atoms with Gasteiger partial charge in [-0.25, -0.2) is 4.98 Å². The van der Waals surface area contributed by atoms with Gasteiger partial charge in [-0.15, -0.1) is 10.2 Å². The van der Waals surface area contributed by atoms with Crippen LogP contribution >= 0.6 is 11.6 Å². The Labute approximate surface area is 121 Å². The number of tetrazole rings is 1. The number of halogens is 1. The molecule has 0 bridgehead atoms. The first kappa shape index (κ1) is 13.4. The average molecular weight is 294 g/mol. The molecule has 0 amide bonds. The molecular formula is C12H16ClN7. The normalized spacial score (nSPS) is 17.5. The molecule has 3 heterocycles. The summed E-state index contributed by atoms with van der Waals surface area (Å²) >= 11 is 6.07. The molecule has 1 aliphatic heterocycles. The summed E-state index contributed by atoms with van der Waals surface area (Å²) in [5.74, 6) is 0.524. The highest BCUT2D eigenvalue weighted by molar-refractivity contribution is 6.29. The van der Waals surface area contributed by atoms with Crippen molar-refractivity contribution in [3.05, 3.63) is 23.0 Å². The highest BCUT2D eigenvalue weighted by Gasteiger charge is 2.17. The summed E-state index contributed by atoms with van der Waals surface area (Å²) in [5, 5.41) is 14.4. The summed E-state index contributed by atoms with van der Waals surface area (Å²) in [5.41, 5.74) is 7.64. The van der Waals surface area contributed by atoms with Gasteiger partial charge in [0, 0.05) is 31.2 Å². The summed E-state index contributed by atoms with van der Waals surface area (Å²) in [7, 11) is 0. The molecule has 0 radical (unpaired) electrons. The van der Waals surface area contributed by atoms with Crippen LogP contribution in [0.3, 0.4) is 0 Å². The molecule has 3 N–H and O–H groups in total. The first-order chi connectivity index (χ1) is 9.70. The van der Waals surface area contributed by atoms with E-state index in [9.17, 15) is 0 Å². The Hall–Kier alpha value is -1.57. The maximum absolute atomic E-state index is 6.07. The van der Waals surface area contributed by atoms with Gasteiger partial charge in [0.25, 0.3) is 0 Å². The molecule has 106 valence electrons. The van der Waals surface area contributed by atoms with Crippen molar-refractivity contribution in [3.63, 3.8) is 0 Å². The standard InChI is InChI=1S/C12H16ClN7/c13-11-6-8(12-16-18-19-17-12)5-10(15-11)7-20-3-1-9(14)2-4-20/h5-6,9H,1-4,7,14H2,(H,16,17,18,19). The van der Waals surface area contributed by atoms with Crippen LogP contribution in [0.15, 0.2) is 12.1 Å². The Morgan fingerprint density at radius 3 is 2.85 bits per heavy atom. The maximum atomic E-state index is 6.07. The first-order valence-corrected chi connectivity index (χ1v) is 6.97. The quantitative estimate of drug-likeness (QED) is 0.814. The fourth-order valence-corrected chi connectivity index (χ4v) is 2.61. The molecule has 0 saturated carbocycles. The number of hydrogen-bond acceptors (Lipinski definition) is 6. The lowest BCUT2D eigenvalue weighted by Gasteiger charge is -2.29. The van der Waals surface area contributed by atoms with Crippen molar-refractivity contribution in [3.8, 4) is 11.4 Å². The monoisotopic (exact) mass is 293 g/mol. The fraction of sp³-hybridized carbons (Fsp3) is 0.500. The third-order valence-corrected chi connectivity index (χ3v) is 3.66. The molecule has 1 fully saturated rings. The fourth-order valence-electron chi connectivity index (χ4n) is 2.39. The lowest BCUT2D eigenvalue weighted by molar-refractivity contribution is 0.203. The predicted molar refractivity (Wildman–Crippen MR) is 74.9 cm³/mol. The number of rotatable bonds is 3. The van der Waals surface area contributed by atoms with Crippen LogP contribution in [0, 0.1) is 0 Å². The van der Waals surface area contributed by atoms with Gasteiger partial charge < -0.3 is 5.73 Å². The summed E-state index contributed by atoms with van der Waals surface area (Å²) in [6.07, 6.45) is 2.05. The van der Waals surface area contributed by atoms with Gasteiger partial charge in [0.05, 0.1) is 5.69 Å². The van der Waals surface area contributed by atoms with Gasteiger partial charge in [0.15, 0.2) is 0 Å². The van der Waals surface area contributed by atoms with Gasteiger partial charge in [0.1, 0.15) is 5.15 Å². The number of H-pyrrole nitrogens is 1.